The lowest BCUT2D eigenvalue weighted by atomic mass is 10.0. The standard InChI is InChI=1S/C18H19N3O3/c1-11(2)14-6-4-5-7-17(14)24-12(3)18-19-15-9-8-13(21(22)23)10-16(15)20-18/h4-12H,1-3H3,(H,19,20)/t12-/m1/s1. The van der Waals surface area contributed by atoms with Gasteiger partial charge in [0, 0.05) is 12.1 Å². The highest BCUT2D eigenvalue weighted by Gasteiger charge is 2.16. The Morgan fingerprint density at radius 2 is 1.92 bits per heavy atom. The maximum atomic E-state index is 10.9. The van der Waals surface area contributed by atoms with Gasteiger partial charge in [0.25, 0.3) is 5.69 Å². The SMILES string of the molecule is CC(C)c1ccccc1O[C@H](C)c1nc2ccc([N+](=O)[O-])cc2[nH]1. The van der Waals surface area contributed by atoms with Crippen molar-refractivity contribution in [2.75, 3.05) is 0 Å². The molecule has 0 bridgehead atoms. The van der Waals surface area contributed by atoms with E-state index in [2.05, 4.69) is 29.9 Å². The van der Waals surface area contributed by atoms with Gasteiger partial charge in [0.1, 0.15) is 11.6 Å². The van der Waals surface area contributed by atoms with Crippen molar-refractivity contribution in [3.05, 3.63) is 64.0 Å². The Hall–Kier alpha value is -2.89. The molecular formula is C18H19N3O3. The first-order valence-corrected chi connectivity index (χ1v) is 7.85. The molecule has 0 aliphatic heterocycles. The van der Waals surface area contributed by atoms with E-state index in [1.807, 2.05) is 25.1 Å². The van der Waals surface area contributed by atoms with E-state index in [0.29, 0.717) is 22.8 Å². The zero-order valence-electron chi connectivity index (χ0n) is 13.8. The van der Waals surface area contributed by atoms with Crippen LogP contribution in [0.25, 0.3) is 11.0 Å². The Morgan fingerprint density at radius 3 is 2.62 bits per heavy atom. The molecule has 0 amide bonds. The fourth-order valence-corrected chi connectivity index (χ4v) is 2.63. The molecule has 2 aromatic carbocycles. The summed E-state index contributed by atoms with van der Waals surface area (Å²) in [5, 5.41) is 10.9. The number of benzene rings is 2. The summed E-state index contributed by atoms with van der Waals surface area (Å²) in [6, 6.07) is 12.5. The summed E-state index contributed by atoms with van der Waals surface area (Å²) in [4.78, 5) is 18.1. The average Bonchev–Trinajstić information content (AvgIpc) is 2.98. The van der Waals surface area contributed by atoms with Crippen LogP contribution in [0, 0.1) is 10.1 Å². The third-order valence-electron chi connectivity index (χ3n) is 3.92. The first kappa shape index (κ1) is 16.0. The Kier molecular flexibility index (Phi) is 4.20. The number of aromatic nitrogens is 2. The van der Waals surface area contributed by atoms with Gasteiger partial charge in [-0.2, -0.15) is 0 Å². The normalized spacial score (nSPS) is 12.5. The minimum Gasteiger partial charge on any atom is -0.483 e. The summed E-state index contributed by atoms with van der Waals surface area (Å²) in [6.45, 7) is 6.14. The fraction of sp³-hybridized carbons (Fsp3) is 0.278. The molecule has 6 heteroatoms. The highest BCUT2D eigenvalue weighted by atomic mass is 16.6. The van der Waals surface area contributed by atoms with E-state index < -0.39 is 4.92 Å². The molecule has 1 N–H and O–H groups in total. The smallest absolute Gasteiger partial charge is 0.271 e. The average molecular weight is 325 g/mol. The second-order valence-electron chi connectivity index (χ2n) is 6.03. The molecule has 0 unspecified atom stereocenters. The van der Waals surface area contributed by atoms with E-state index in [4.69, 9.17) is 4.74 Å². The molecule has 1 aromatic heterocycles. The lowest BCUT2D eigenvalue weighted by Gasteiger charge is -2.17. The van der Waals surface area contributed by atoms with Crippen molar-refractivity contribution >= 4 is 16.7 Å². The van der Waals surface area contributed by atoms with Gasteiger partial charge in [-0.1, -0.05) is 32.0 Å². The van der Waals surface area contributed by atoms with E-state index in [9.17, 15) is 10.1 Å². The van der Waals surface area contributed by atoms with E-state index in [-0.39, 0.29) is 11.8 Å². The van der Waals surface area contributed by atoms with Crippen molar-refractivity contribution < 1.29 is 9.66 Å². The molecule has 0 radical (unpaired) electrons. The molecule has 3 aromatic rings. The summed E-state index contributed by atoms with van der Waals surface area (Å²) in [7, 11) is 0. The van der Waals surface area contributed by atoms with Gasteiger partial charge in [0.2, 0.25) is 0 Å². The van der Waals surface area contributed by atoms with E-state index >= 15 is 0 Å². The Labute approximate surface area is 139 Å². The third kappa shape index (κ3) is 3.08. The zero-order chi connectivity index (χ0) is 17.3. The van der Waals surface area contributed by atoms with Crippen LogP contribution in [-0.2, 0) is 0 Å². The van der Waals surface area contributed by atoms with Gasteiger partial charge in [-0.05, 0) is 30.5 Å². The molecule has 0 fully saturated rings. The van der Waals surface area contributed by atoms with E-state index in [1.165, 1.54) is 12.1 Å². The number of imidazole rings is 1. The lowest BCUT2D eigenvalue weighted by molar-refractivity contribution is -0.384. The quantitative estimate of drug-likeness (QED) is 0.543. The molecule has 0 saturated carbocycles. The van der Waals surface area contributed by atoms with Crippen LogP contribution in [0.4, 0.5) is 5.69 Å². The van der Waals surface area contributed by atoms with Gasteiger partial charge >= 0.3 is 0 Å². The predicted molar refractivity (Wildman–Crippen MR) is 92.3 cm³/mol. The Bertz CT molecular complexity index is 886. The molecule has 0 saturated heterocycles. The maximum Gasteiger partial charge on any atom is 0.271 e. The number of nitro benzene ring substituents is 1. The number of ether oxygens (including phenoxy) is 1. The van der Waals surface area contributed by atoms with Crippen LogP contribution in [-0.4, -0.2) is 14.9 Å². The third-order valence-corrected chi connectivity index (χ3v) is 3.92. The van der Waals surface area contributed by atoms with Gasteiger partial charge in [-0.15, -0.1) is 0 Å². The topological polar surface area (TPSA) is 81.1 Å². The zero-order valence-corrected chi connectivity index (χ0v) is 13.8. The summed E-state index contributed by atoms with van der Waals surface area (Å²) < 4.78 is 6.07. The monoisotopic (exact) mass is 325 g/mol. The van der Waals surface area contributed by atoms with Gasteiger partial charge < -0.3 is 9.72 Å². The van der Waals surface area contributed by atoms with Crippen LogP contribution >= 0.6 is 0 Å². The predicted octanol–water partition coefficient (Wildman–Crippen LogP) is 4.73. The fourth-order valence-electron chi connectivity index (χ4n) is 2.63. The molecule has 124 valence electrons. The number of H-pyrrole nitrogens is 1. The molecular weight excluding hydrogens is 306 g/mol. The minimum absolute atomic E-state index is 0.0384. The van der Waals surface area contributed by atoms with Crippen molar-refractivity contribution in [1.82, 2.24) is 9.97 Å². The van der Waals surface area contributed by atoms with E-state index in [0.717, 1.165) is 11.3 Å². The molecule has 1 heterocycles. The first-order chi connectivity index (χ1) is 11.5. The molecule has 0 aliphatic rings. The van der Waals surface area contributed by atoms with Crippen LogP contribution < -0.4 is 4.74 Å². The number of hydrogen-bond donors (Lipinski definition) is 1. The highest BCUT2D eigenvalue weighted by molar-refractivity contribution is 5.77. The van der Waals surface area contributed by atoms with Gasteiger partial charge in [-0.25, -0.2) is 4.98 Å². The van der Waals surface area contributed by atoms with Crippen LogP contribution in [0.2, 0.25) is 0 Å². The summed E-state index contributed by atoms with van der Waals surface area (Å²) in [5.41, 5.74) is 2.49. The first-order valence-electron chi connectivity index (χ1n) is 7.85. The highest BCUT2D eigenvalue weighted by Crippen LogP contribution is 2.30. The molecule has 3 rings (SSSR count). The van der Waals surface area contributed by atoms with Crippen LogP contribution in [0.1, 0.15) is 44.2 Å². The largest absolute Gasteiger partial charge is 0.483 e. The van der Waals surface area contributed by atoms with Crippen LogP contribution in [0.3, 0.4) is 0 Å². The van der Waals surface area contributed by atoms with Crippen LogP contribution in [0.5, 0.6) is 5.75 Å². The van der Waals surface area contributed by atoms with Crippen molar-refractivity contribution in [3.63, 3.8) is 0 Å². The number of rotatable bonds is 5. The molecule has 24 heavy (non-hydrogen) atoms. The number of nitro groups is 1. The van der Waals surface area contributed by atoms with Crippen molar-refractivity contribution in [2.24, 2.45) is 0 Å². The number of hydrogen-bond acceptors (Lipinski definition) is 4. The maximum absolute atomic E-state index is 10.9. The number of nitrogens with one attached hydrogen (secondary N) is 1. The lowest BCUT2D eigenvalue weighted by Crippen LogP contribution is -2.07. The second-order valence-corrected chi connectivity index (χ2v) is 6.03. The number of nitrogens with zero attached hydrogens (tertiary/aromatic N) is 2. The van der Waals surface area contributed by atoms with Crippen LogP contribution in [0.15, 0.2) is 42.5 Å². The number of aromatic amines is 1. The Balaban J connectivity index is 1.89. The molecule has 0 spiro atoms. The molecule has 0 aliphatic carbocycles. The van der Waals surface area contributed by atoms with Gasteiger partial charge in [0.15, 0.2) is 6.10 Å². The van der Waals surface area contributed by atoms with Crippen molar-refractivity contribution in [3.8, 4) is 5.75 Å². The second kappa shape index (κ2) is 6.31. The number of fused-ring (bicyclic) bond motifs is 1. The van der Waals surface area contributed by atoms with E-state index in [1.54, 1.807) is 6.07 Å². The van der Waals surface area contributed by atoms with Gasteiger partial charge in [-0.3, -0.25) is 10.1 Å². The number of para-hydroxylation sites is 1. The Morgan fingerprint density at radius 1 is 1.17 bits per heavy atom. The summed E-state index contributed by atoms with van der Waals surface area (Å²) in [5.74, 6) is 1.82. The molecule has 6 nitrogen and oxygen atoms in total. The number of non-ortho nitro benzene ring substituents is 1. The summed E-state index contributed by atoms with van der Waals surface area (Å²) >= 11 is 0. The minimum atomic E-state index is -0.418. The summed E-state index contributed by atoms with van der Waals surface area (Å²) in [6.07, 6.45) is -0.295. The van der Waals surface area contributed by atoms with Gasteiger partial charge in [0.05, 0.1) is 16.0 Å². The van der Waals surface area contributed by atoms with Crippen molar-refractivity contribution in [1.29, 1.82) is 0 Å². The van der Waals surface area contributed by atoms with Crippen molar-refractivity contribution in [2.45, 2.75) is 32.8 Å². The molecule has 1 atom stereocenters.